The first-order valence-electron chi connectivity index (χ1n) is 7.43. The van der Waals surface area contributed by atoms with Gasteiger partial charge in [-0.25, -0.2) is 9.78 Å². The van der Waals surface area contributed by atoms with Crippen LogP contribution in [0.2, 0.25) is 0 Å². The molecule has 0 fully saturated rings. The number of nitrogens with one attached hydrogen (secondary N) is 1. The summed E-state index contributed by atoms with van der Waals surface area (Å²) in [5.74, 6) is 0.249. The van der Waals surface area contributed by atoms with E-state index in [0.29, 0.717) is 12.1 Å². The minimum absolute atomic E-state index is 0.214. The van der Waals surface area contributed by atoms with Gasteiger partial charge in [0.15, 0.2) is 11.5 Å². The van der Waals surface area contributed by atoms with E-state index >= 15 is 0 Å². The van der Waals surface area contributed by atoms with Gasteiger partial charge in [-0.2, -0.15) is 4.98 Å². The SMILES string of the molecule is CCCCn1c(=O)nc2[nH]c3cc(C)c(C)cc3nc-2c1=O. The van der Waals surface area contributed by atoms with Crippen molar-refractivity contribution < 1.29 is 0 Å². The van der Waals surface area contributed by atoms with Crippen molar-refractivity contribution >= 4 is 11.0 Å². The fraction of sp³-hybridized carbons (Fsp3) is 0.375. The van der Waals surface area contributed by atoms with Crippen LogP contribution in [0.5, 0.6) is 0 Å². The van der Waals surface area contributed by atoms with Gasteiger partial charge in [-0.05, 0) is 43.5 Å². The number of hydrogen-bond donors (Lipinski definition) is 1. The maximum atomic E-state index is 12.5. The van der Waals surface area contributed by atoms with Gasteiger partial charge in [0.1, 0.15) is 0 Å². The van der Waals surface area contributed by atoms with Gasteiger partial charge in [-0.1, -0.05) is 13.3 Å². The van der Waals surface area contributed by atoms with E-state index in [1.807, 2.05) is 32.9 Å². The molecular formula is C16H18N4O2. The number of rotatable bonds is 3. The summed E-state index contributed by atoms with van der Waals surface area (Å²) in [7, 11) is 0. The van der Waals surface area contributed by atoms with Gasteiger partial charge in [-0.3, -0.25) is 9.36 Å². The van der Waals surface area contributed by atoms with Crippen LogP contribution in [0.1, 0.15) is 30.9 Å². The van der Waals surface area contributed by atoms with Crippen molar-refractivity contribution in [2.75, 3.05) is 0 Å². The van der Waals surface area contributed by atoms with Crippen LogP contribution in [-0.2, 0) is 6.54 Å². The van der Waals surface area contributed by atoms with Crippen molar-refractivity contribution in [2.24, 2.45) is 0 Å². The normalized spacial score (nSPS) is 11.4. The van der Waals surface area contributed by atoms with E-state index in [9.17, 15) is 9.59 Å². The molecule has 114 valence electrons. The zero-order valence-corrected chi connectivity index (χ0v) is 12.9. The molecule has 1 aromatic rings. The lowest BCUT2D eigenvalue weighted by molar-refractivity contribution is 0.581. The Hall–Kier alpha value is -2.50. The molecule has 1 N–H and O–H groups in total. The average Bonchev–Trinajstić information content (AvgIpc) is 2.47. The van der Waals surface area contributed by atoms with Crippen LogP contribution in [-0.4, -0.2) is 19.5 Å². The predicted octanol–water partition coefficient (Wildman–Crippen LogP) is 2.00. The quantitative estimate of drug-likeness (QED) is 0.750. The molecule has 0 saturated heterocycles. The Morgan fingerprint density at radius 2 is 1.86 bits per heavy atom. The number of aromatic amines is 1. The molecular weight excluding hydrogens is 280 g/mol. The Morgan fingerprint density at radius 1 is 1.14 bits per heavy atom. The predicted molar refractivity (Wildman–Crippen MR) is 85.4 cm³/mol. The molecule has 6 heteroatoms. The van der Waals surface area contributed by atoms with Crippen LogP contribution in [0.4, 0.5) is 0 Å². The summed E-state index contributed by atoms with van der Waals surface area (Å²) in [4.78, 5) is 36.0. The molecule has 0 aliphatic carbocycles. The minimum atomic E-state index is -0.521. The van der Waals surface area contributed by atoms with Gasteiger partial charge >= 0.3 is 5.69 Å². The van der Waals surface area contributed by atoms with E-state index in [1.54, 1.807) is 0 Å². The smallest absolute Gasteiger partial charge is 0.336 e. The lowest BCUT2D eigenvalue weighted by Gasteiger charge is -2.10. The Morgan fingerprint density at radius 3 is 2.59 bits per heavy atom. The third-order valence-electron chi connectivity index (χ3n) is 3.94. The molecule has 22 heavy (non-hydrogen) atoms. The molecule has 3 rings (SSSR count). The van der Waals surface area contributed by atoms with Crippen LogP contribution < -0.4 is 11.2 Å². The summed E-state index contributed by atoms with van der Waals surface area (Å²) in [5.41, 5.74) is 3.01. The Balaban J connectivity index is 2.32. The number of fused-ring (bicyclic) bond motifs is 2. The topological polar surface area (TPSA) is 80.6 Å². The standard InChI is InChI=1S/C16H18N4O2/c1-4-5-6-20-15(21)13-14(19-16(20)22)18-12-8-10(3)9(2)7-11(12)17-13/h7-8H,4-6H2,1-3H3,(H,18,19,22). The second-order valence-electron chi connectivity index (χ2n) is 5.59. The van der Waals surface area contributed by atoms with Gasteiger partial charge in [-0.15, -0.1) is 0 Å². The second kappa shape index (κ2) is 5.36. The first kappa shape index (κ1) is 14.4. The molecule has 0 atom stereocenters. The zero-order chi connectivity index (χ0) is 15.9. The van der Waals surface area contributed by atoms with Crippen molar-refractivity contribution in [3.8, 4) is 11.5 Å². The molecule has 2 aliphatic heterocycles. The number of unbranched alkanes of at least 4 members (excludes halogenated alkanes) is 1. The number of benzene rings is 1. The number of H-pyrrole nitrogens is 1. The van der Waals surface area contributed by atoms with Crippen molar-refractivity contribution in [1.29, 1.82) is 0 Å². The molecule has 0 bridgehead atoms. The van der Waals surface area contributed by atoms with E-state index in [2.05, 4.69) is 15.0 Å². The fourth-order valence-electron chi connectivity index (χ4n) is 2.47. The first-order valence-corrected chi connectivity index (χ1v) is 7.43. The van der Waals surface area contributed by atoms with E-state index in [1.165, 1.54) is 4.57 Å². The van der Waals surface area contributed by atoms with Gasteiger partial charge in [0.25, 0.3) is 5.56 Å². The summed E-state index contributed by atoms with van der Waals surface area (Å²) in [6, 6.07) is 3.88. The van der Waals surface area contributed by atoms with Crippen LogP contribution in [0.25, 0.3) is 22.6 Å². The molecule has 0 unspecified atom stereocenters. The highest BCUT2D eigenvalue weighted by Gasteiger charge is 2.17. The molecule has 2 aliphatic rings. The van der Waals surface area contributed by atoms with Crippen LogP contribution >= 0.6 is 0 Å². The van der Waals surface area contributed by atoms with Gasteiger partial charge in [0.2, 0.25) is 0 Å². The molecule has 0 spiro atoms. The molecule has 6 nitrogen and oxygen atoms in total. The number of aromatic nitrogens is 4. The highest BCUT2D eigenvalue weighted by molar-refractivity contribution is 5.79. The third-order valence-corrected chi connectivity index (χ3v) is 3.94. The van der Waals surface area contributed by atoms with E-state index in [0.717, 1.165) is 29.5 Å². The Labute approximate surface area is 127 Å². The van der Waals surface area contributed by atoms with Gasteiger partial charge < -0.3 is 4.98 Å². The summed E-state index contributed by atoms with van der Waals surface area (Å²) in [6.45, 7) is 6.39. The van der Waals surface area contributed by atoms with E-state index < -0.39 is 5.69 Å². The Kier molecular flexibility index (Phi) is 3.52. The van der Waals surface area contributed by atoms with Crippen LogP contribution in [0.15, 0.2) is 21.7 Å². The molecule has 0 amide bonds. The van der Waals surface area contributed by atoms with Crippen molar-refractivity contribution in [2.45, 2.75) is 40.2 Å². The van der Waals surface area contributed by atoms with Crippen LogP contribution in [0, 0.1) is 13.8 Å². The molecule has 0 saturated carbocycles. The largest absolute Gasteiger partial charge is 0.352 e. The third kappa shape index (κ3) is 2.30. The van der Waals surface area contributed by atoms with Gasteiger partial charge in [0.05, 0.1) is 11.0 Å². The zero-order valence-electron chi connectivity index (χ0n) is 12.9. The monoisotopic (exact) mass is 298 g/mol. The fourth-order valence-corrected chi connectivity index (χ4v) is 2.47. The summed E-state index contributed by atoms with van der Waals surface area (Å²) < 4.78 is 1.17. The molecule has 0 aromatic heterocycles. The van der Waals surface area contributed by atoms with Crippen LogP contribution in [0.3, 0.4) is 0 Å². The van der Waals surface area contributed by atoms with E-state index in [4.69, 9.17) is 0 Å². The maximum absolute atomic E-state index is 12.5. The van der Waals surface area contributed by atoms with Gasteiger partial charge in [0, 0.05) is 6.54 Å². The van der Waals surface area contributed by atoms with Crippen molar-refractivity contribution in [3.05, 3.63) is 44.1 Å². The lowest BCUT2D eigenvalue weighted by Crippen LogP contribution is -2.37. The highest BCUT2D eigenvalue weighted by Crippen LogP contribution is 2.19. The van der Waals surface area contributed by atoms with Crippen molar-refractivity contribution in [1.82, 2.24) is 19.5 Å². The Bertz CT molecular complexity index is 939. The number of aryl methyl sites for hydroxylation is 2. The van der Waals surface area contributed by atoms with Crippen molar-refractivity contribution in [3.63, 3.8) is 0 Å². The second-order valence-corrected chi connectivity index (χ2v) is 5.59. The highest BCUT2D eigenvalue weighted by atomic mass is 16.2. The summed E-state index contributed by atoms with van der Waals surface area (Å²) in [5, 5.41) is 0. The lowest BCUT2D eigenvalue weighted by atomic mass is 10.1. The van der Waals surface area contributed by atoms with E-state index in [-0.39, 0.29) is 17.1 Å². The molecule has 2 heterocycles. The maximum Gasteiger partial charge on any atom is 0.352 e. The summed E-state index contributed by atoms with van der Waals surface area (Å²) in [6.07, 6.45) is 1.66. The molecule has 1 aromatic carbocycles. The first-order chi connectivity index (χ1) is 10.5. The average molecular weight is 298 g/mol. The molecule has 0 radical (unpaired) electrons. The number of hydrogen-bond acceptors (Lipinski definition) is 4. The minimum Gasteiger partial charge on any atom is -0.336 e. The summed E-state index contributed by atoms with van der Waals surface area (Å²) >= 11 is 0. The number of nitrogens with zero attached hydrogens (tertiary/aromatic N) is 3.